The summed E-state index contributed by atoms with van der Waals surface area (Å²) in [5.74, 6) is 1.95. The van der Waals surface area contributed by atoms with Crippen molar-refractivity contribution in [1.82, 2.24) is 18.7 Å². The van der Waals surface area contributed by atoms with Crippen LogP contribution in [0.2, 0.25) is 0 Å². The molecule has 0 bridgehead atoms. The van der Waals surface area contributed by atoms with Gasteiger partial charge in [0, 0.05) is 114 Å². The third-order valence-corrected chi connectivity index (χ3v) is 14.1. The Hall–Kier alpha value is -8.58. The van der Waals surface area contributed by atoms with Gasteiger partial charge in [0.15, 0.2) is 0 Å². The summed E-state index contributed by atoms with van der Waals surface area (Å²) in [7, 11) is 6.30. The number of rotatable bonds is 8. The molecule has 4 aromatic heterocycles. The average molecular weight is 1110 g/mol. The maximum absolute atomic E-state index is 6.63. The van der Waals surface area contributed by atoms with E-state index in [1.54, 1.807) is 0 Å². The van der Waals surface area contributed by atoms with E-state index >= 15 is 0 Å². The van der Waals surface area contributed by atoms with Crippen LogP contribution in [-0.4, -0.2) is 39.8 Å². The van der Waals surface area contributed by atoms with Crippen molar-refractivity contribution in [2.45, 2.75) is 0 Å². The number of para-hydroxylation sites is 7. The molecule has 350 valence electrons. The monoisotopic (exact) mass is 1110 g/mol. The van der Waals surface area contributed by atoms with Gasteiger partial charge in [0.2, 0.25) is 0 Å². The molecule has 0 unspecified atom stereocenters. The fourth-order valence-electron chi connectivity index (χ4n) is 11.0. The van der Waals surface area contributed by atoms with Crippen molar-refractivity contribution in [3.8, 4) is 39.8 Å². The smallest absolute Gasteiger partial charge is 0.137 e. The number of anilines is 4. The first-order valence-electron chi connectivity index (χ1n) is 23.9. The van der Waals surface area contributed by atoms with Gasteiger partial charge in [0.05, 0.1) is 33.4 Å². The van der Waals surface area contributed by atoms with E-state index in [2.05, 4.69) is 257 Å². The maximum Gasteiger partial charge on any atom is 0.137 e. The molecule has 1 aliphatic rings. The Balaban J connectivity index is 0.00000504. The Morgan fingerprint density at radius 1 is 0.472 bits per heavy atom. The number of ether oxygens (including phenoxy) is 1. The first-order valence-corrected chi connectivity index (χ1v) is 23.9. The van der Waals surface area contributed by atoms with Crippen LogP contribution in [0.25, 0.3) is 93.7 Å². The van der Waals surface area contributed by atoms with Crippen molar-refractivity contribution in [3.63, 3.8) is 0 Å². The van der Waals surface area contributed by atoms with Crippen LogP contribution < -0.4 is 19.4 Å². The van der Waals surface area contributed by atoms with E-state index in [0.29, 0.717) is 11.5 Å². The van der Waals surface area contributed by atoms with E-state index in [1.807, 2.05) is 18.2 Å². The quantitative estimate of drug-likeness (QED) is 0.142. The molecule has 14 rings (SSSR count). The molecule has 0 N–H and O–H groups in total. The first kappa shape index (κ1) is 43.4. The Labute approximate surface area is 431 Å². The molecule has 0 radical (unpaired) electrons. The topological polar surface area (TPSA) is 46.6 Å². The number of nitrogens with zero attached hydrogens (tertiary/aromatic N) is 7. The van der Waals surface area contributed by atoms with Crippen molar-refractivity contribution in [2.24, 2.45) is 0 Å². The summed E-state index contributed by atoms with van der Waals surface area (Å²) < 4.78 is 13.7. The number of hydrogen-bond donors (Lipinski definition) is 0. The molecule has 0 amide bonds. The van der Waals surface area contributed by atoms with Crippen molar-refractivity contribution in [1.29, 1.82) is 0 Å². The maximum atomic E-state index is 6.63. The molecule has 9 aromatic carbocycles. The van der Waals surface area contributed by atoms with Crippen LogP contribution in [0.15, 0.2) is 206 Å². The van der Waals surface area contributed by atoms with Gasteiger partial charge < -0.3 is 33.1 Å². The summed E-state index contributed by atoms with van der Waals surface area (Å²) in [6.45, 7) is 2.07. The van der Waals surface area contributed by atoms with Crippen molar-refractivity contribution in [3.05, 3.63) is 225 Å². The summed E-state index contributed by atoms with van der Waals surface area (Å²) in [6, 6.07) is 78.0. The van der Waals surface area contributed by atoms with Gasteiger partial charge in [-0.2, -0.15) is 18.8 Å². The first-order chi connectivity index (χ1) is 35.0. The van der Waals surface area contributed by atoms with Gasteiger partial charge >= 0.3 is 0 Å². The normalized spacial score (nSPS) is 12.4. The summed E-state index contributed by atoms with van der Waals surface area (Å²) in [4.78, 5) is 11.9. The van der Waals surface area contributed by atoms with Crippen LogP contribution >= 0.6 is 0 Å². The van der Waals surface area contributed by atoms with Crippen LogP contribution in [0, 0.1) is 18.8 Å². The second-order valence-corrected chi connectivity index (χ2v) is 18.4. The number of pyridine rings is 1. The average Bonchev–Trinajstić information content (AvgIpc) is 4.14. The minimum absolute atomic E-state index is 0. The van der Waals surface area contributed by atoms with Crippen molar-refractivity contribution >= 4 is 88.2 Å². The minimum Gasteiger partial charge on any atom is -0.509 e. The Morgan fingerprint density at radius 2 is 0.944 bits per heavy atom. The van der Waals surface area contributed by atoms with E-state index in [0.717, 1.165) is 94.9 Å². The second kappa shape index (κ2) is 17.1. The van der Waals surface area contributed by atoms with Gasteiger partial charge in [-0.05, 0) is 67.0 Å². The number of fused-ring (bicyclic) bond motifs is 10. The standard InChI is InChI=1S/C63H44N7O.Pt/c1-65(2)60-38-62(70-55-29-13-8-24-48(55)49-35-34-43(37-61(49)70)71-42-19-16-18-41(36-42)67-40-66(3)56-30-14-15-31-57(56)67)64-39-50(60)63-58(68-51-25-9-4-20-44(51)45-21-5-10-26-52(45)68)32-17-33-59(63)69-53-27-11-6-22-46(53)47-23-7-12-28-54(47)69;/h4-35,38-40H,1-3H3;/q-3;. The van der Waals surface area contributed by atoms with E-state index in [4.69, 9.17) is 9.72 Å². The molecule has 0 aliphatic carbocycles. The Kier molecular flexibility index (Phi) is 10.3. The van der Waals surface area contributed by atoms with E-state index in [9.17, 15) is 0 Å². The van der Waals surface area contributed by atoms with Crippen LogP contribution in [0.3, 0.4) is 0 Å². The molecule has 0 saturated heterocycles. The third-order valence-electron chi connectivity index (χ3n) is 14.1. The van der Waals surface area contributed by atoms with Gasteiger partial charge in [-0.1, -0.05) is 115 Å². The number of hydrogen-bond acceptors (Lipinski definition) is 5. The molecule has 0 atom stereocenters. The molecule has 0 spiro atoms. The zero-order valence-corrected chi connectivity index (χ0v) is 41.8. The van der Waals surface area contributed by atoms with Crippen molar-refractivity contribution in [2.75, 3.05) is 35.8 Å². The zero-order chi connectivity index (χ0) is 47.3. The molecular formula is C63H44N7OPt-3. The van der Waals surface area contributed by atoms with E-state index in [1.165, 1.54) is 21.5 Å². The predicted octanol–water partition coefficient (Wildman–Crippen LogP) is 15.2. The van der Waals surface area contributed by atoms with Crippen LogP contribution in [0.5, 0.6) is 11.5 Å². The SMILES string of the molecule is CN(C)c1cc(-n2c3[c-]c(Oc4[c-]c(N5[CH-]N(C)c6ccccc65)ccc4)ccc3c3ccccc32)ncc1-c1c(-n2c3ccccc3c3ccccc32)cccc1-n1c2ccccc2c2ccccc21.[Pt]. The predicted molar refractivity (Wildman–Crippen MR) is 292 cm³/mol. The molecule has 0 fully saturated rings. The van der Waals surface area contributed by atoms with Gasteiger partial charge in [-0.3, -0.25) is 0 Å². The molecule has 1 aliphatic heterocycles. The Morgan fingerprint density at radius 3 is 1.51 bits per heavy atom. The fraction of sp³-hybridized carbons (Fsp3) is 0.0476. The largest absolute Gasteiger partial charge is 0.509 e. The summed E-state index contributed by atoms with van der Waals surface area (Å²) in [5.41, 5.74) is 14.8. The zero-order valence-electron chi connectivity index (χ0n) is 39.6. The van der Waals surface area contributed by atoms with Gasteiger partial charge in [-0.25, -0.2) is 4.98 Å². The third kappa shape index (κ3) is 6.66. The van der Waals surface area contributed by atoms with Gasteiger partial charge in [0.1, 0.15) is 5.82 Å². The van der Waals surface area contributed by atoms with Crippen LogP contribution in [0.4, 0.5) is 22.7 Å². The van der Waals surface area contributed by atoms with Crippen LogP contribution in [0.1, 0.15) is 0 Å². The molecule has 13 aromatic rings. The minimum atomic E-state index is 0. The summed E-state index contributed by atoms with van der Waals surface area (Å²) in [5, 5.41) is 6.99. The summed E-state index contributed by atoms with van der Waals surface area (Å²) in [6.07, 6.45) is 2.07. The number of aromatic nitrogens is 4. The van der Waals surface area contributed by atoms with E-state index in [-0.39, 0.29) is 21.1 Å². The Bertz CT molecular complexity index is 4040. The molecule has 72 heavy (non-hydrogen) atoms. The summed E-state index contributed by atoms with van der Waals surface area (Å²) >= 11 is 0. The molecular weight excluding hydrogens is 1070 g/mol. The van der Waals surface area contributed by atoms with Crippen LogP contribution in [-0.2, 0) is 21.1 Å². The second-order valence-electron chi connectivity index (χ2n) is 18.4. The fourth-order valence-corrected chi connectivity index (χ4v) is 11.0. The molecule has 8 nitrogen and oxygen atoms in total. The molecule has 0 saturated carbocycles. The van der Waals surface area contributed by atoms with Gasteiger partial charge in [0.25, 0.3) is 0 Å². The molecule has 5 heterocycles. The number of benzene rings is 9. The molecule has 9 heteroatoms. The van der Waals surface area contributed by atoms with Gasteiger partial charge in [-0.15, -0.1) is 41.4 Å². The van der Waals surface area contributed by atoms with E-state index < -0.39 is 0 Å². The van der Waals surface area contributed by atoms with Crippen molar-refractivity contribution < 1.29 is 25.8 Å².